The Morgan fingerprint density at radius 3 is 2.45 bits per heavy atom. The molecule has 1 aliphatic heterocycles. The second-order valence-electron chi connectivity index (χ2n) is 5.03. The van der Waals surface area contributed by atoms with E-state index in [-0.39, 0.29) is 36.8 Å². The van der Waals surface area contributed by atoms with E-state index in [2.05, 4.69) is 4.98 Å². The van der Waals surface area contributed by atoms with Crippen LogP contribution in [0.1, 0.15) is 22.5 Å². The zero-order valence-corrected chi connectivity index (χ0v) is 14.4. The van der Waals surface area contributed by atoms with Gasteiger partial charge in [0.25, 0.3) is 5.91 Å². The molecule has 1 fully saturated rings. The van der Waals surface area contributed by atoms with Crippen molar-refractivity contribution in [3.8, 4) is 10.6 Å². The van der Waals surface area contributed by atoms with Crippen LogP contribution in [0.2, 0.25) is 0 Å². The van der Waals surface area contributed by atoms with Crippen LogP contribution in [0.25, 0.3) is 10.6 Å². The number of aromatic nitrogens is 1. The Morgan fingerprint density at radius 2 is 1.82 bits per heavy atom. The fourth-order valence-corrected chi connectivity index (χ4v) is 3.24. The van der Waals surface area contributed by atoms with Crippen molar-refractivity contribution >= 4 is 42.1 Å². The second-order valence-corrected chi connectivity index (χ2v) is 6.06. The smallest absolute Gasteiger partial charge is 0.265 e. The first kappa shape index (κ1) is 18.9. The van der Waals surface area contributed by atoms with Gasteiger partial charge in [0.15, 0.2) is 0 Å². The lowest BCUT2D eigenvalue weighted by atomic mass is 10.1. The van der Waals surface area contributed by atoms with Crippen molar-refractivity contribution in [2.45, 2.75) is 18.9 Å². The first-order chi connectivity index (χ1) is 9.74. The number of carbonyl (C=O) groups is 1. The van der Waals surface area contributed by atoms with Gasteiger partial charge in [-0.05, 0) is 12.8 Å². The lowest BCUT2D eigenvalue weighted by Crippen LogP contribution is -2.42. The molecule has 0 atom stereocenters. The molecular formula is C15H19Cl2N3OS. The average molecular weight is 360 g/mol. The summed E-state index contributed by atoms with van der Waals surface area (Å²) in [6.45, 7) is 1.50. The Morgan fingerprint density at radius 1 is 1.18 bits per heavy atom. The molecule has 1 aromatic heterocycles. The number of thiazole rings is 1. The number of carbonyl (C=O) groups excluding carboxylic acids is 1. The fraction of sp³-hybridized carbons (Fsp3) is 0.333. The average Bonchev–Trinajstić information content (AvgIpc) is 2.98. The molecule has 2 heterocycles. The molecule has 120 valence electrons. The quantitative estimate of drug-likeness (QED) is 0.895. The predicted molar refractivity (Wildman–Crippen MR) is 95.2 cm³/mol. The largest absolute Gasteiger partial charge is 0.338 e. The van der Waals surface area contributed by atoms with Crippen LogP contribution in [0, 0.1) is 0 Å². The molecule has 1 saturated heterocycles. The Hall–Kier alpha value is -1.14. The van der Waals surface area contributed by atoms with E-state index in [0.29, 0.717) is 4.88 Å². The van der Waals surface area contributed by atoms with Gasteiger partial charge in [-0.2, -0.15) is 0 Å². The molecule has 0 aliphatic carbocycles. The summed E-state index contributed by atoms with van der Waals surface area (Å²) in [4.78, 5) is 19.4. The molecule has 3 rings (SSSR count). The van der Waals surface area contributed by atoms with Crippen molar-refractivity contribution in [3.63, 3.8) is 0 Å². The SMILES string of the molecule is Cl.Cl.NC1CCN(C(=O)c2cnc(-c3ccccc3)s2)CC1. The third-order valence-electron chi connectivity index (χ3n) is 3.56. The molecule has 2 N–H and O–H groups in total. The topological polar surface area (TPSA) is 59.2 Å². The third-order valence-corrected chi connectivity index (χ3v) is 4.60. The lowest BCUT2D eigenvalue weighted by molar-refractivity contribution is 0.0719. The van der Waals surface area contributed by atoms with Gasteiger partial charge in [0.1, 0.15) is 9.88 Å². The molecule has 4 nitrogen and oxygen atoms in total. The molecule has 22 heavy (non-hydrogen) atoms. The van der Waals surface area contributed by atoms with Crippen molar-refractivity contribution in [1.82, 2.24) is 9.88 Å². The van der Waals surface area contributed by atoms with Gasteiger partial charge >= 0.3 is 0 Å². The third kappa shape index (κ3) is 4.20. The van der Waals surface area contributed by atoms with Crippen LogP contribution in [-0.2, 0) is 0 Å². The number of nitrogens with zero attached hydrogens (tertiary/aromatic N) is 2. The fourth-order valence-electron chi connectivity index (χ4n) is 2.35. The number of likely N-dealkylation sites (tertiary alicyclic amines) is 1. The number of rotatable bonds is 2. The molecule has 0 unspecified atom stereocenters. The molecule has 1 amide bonds. The molecule has 0 saturated carbocycles. The van der Waals surface area contributed by atoms with Gasteiger partial charge in [-0.15, -0.1) is 36.2 Å². The number of halogens is 2. The van der Waals surface area contributed by atoms with E-state index in [4.69, 9.17) is 5.73 Å². The van der Waals surface area contributed by atoms with E-state index >= 15 is 0 Å². The first-order valence-corrected chi connectivity index (χ1v) is 7.62. The summed E-state index contributed by atoms with van der Waals surface area (Å²) in [6, 6.07) is 10.2. The second kappa shape index (κ2) is 8.48. The lowest BCUT2D eigenvalue weighted by Gasteiger charge is -2.29. The summed E-state index contributed by atoms with van der Waals surface area (Å²) in [7, 11) is 0. The number of hydrogen-bond acceptors (Lipinski definition) is 4. The van der Waals surface area contributed by atoms with Crippen molar-refractivity contribution in [1.29, 1.82) is 0 Å². The van der Waals surface area contributed by atoms with Crippen LogP contribution in [-0.4, -0.2) is 34.9 Å². The number of hydrogen-bond donors (Lipinski definition) is 1. The van der Waals surface area contributed by atoms with E-state index in [1.807, 2.05) is 35.2 Å². The summed E-state index contributed by atoms with van der Waals surface area (Å²) in [5, 5.41) is 0.891. The van der Waals surface area contributed by atoms with Gasteiger partial charge in [-0.25, -0.2) is 4.98 Å². The Kier molecular flexibility index (Phi) is 7.29. The molecule has 0 bridgehead atoms. The molecule has 0 spiro atoms. The molecule has 1 aliphatic rings. The Bertz CT molecular complexity index is 598. The van der Waals surface area contributed by atoms with E-state index in [0.717, 1.165) is 36.5 Å². The van der Waals surface area contributed by atoms with Gasteiger partial charge in [0.05, 0.1) is 6.20 Å². The van der Waals surface area contributed by atoms with E-state index < -0.39 is 0 Å². The highest BCUT2D eigenvalue weighted by Crippen LogP contribution is 2.26. The summed E-state index contributed by atoms with van der Waals surface area (Å²) >= 11 is 1.45. The van der Waals surface area contributed by atoms with Crippen molar-refractivity contribution < 1.29 is 4.79 Å². The number of amides is 1. The van der Waals surface area contributed by atoms with Gasteiger partial charge < -0.3 is 10.6 Å². The van der Waals surface area contributed by atoms with Gasteiger partial charge in [-0.3, -0.25) is 4.79 Å². The van der Waals surface area contributed by atoms with Gasteiger partial charge in [0.2, 0.25) is 0 Å². The highest BCUT2D eigenvalue weighted by atomic mass is 35.5. The summed E-state index contributed by atoms with van der Waals surface area (Å²) in [5.74, 6) is 0.0802. The maximum absolute atomic E-state index is 12.4. The normalized spacial score (nSPS) is 14.9. The van der Waals surface area contributed by atoms with E-state index in [1.54, 1.807) is 6.20 Å². The van der Waals surface area contributed by atoms with E-state index in [1.165, 1.54) is 11.3 Å². The van der Waals surface area contributed by atoms with Crippen LogP contribution in [0.5, 0.6) is 0 Å². The molecule has 2 aromatic rings. The molecular weight excluding hydrogens is 341 g/mol. The highest BCUT2D eigenvalue weighted by Gasteiger charge is 2.23. The highest BCUT2D eigenvalue weighted by molar-refractivity contribution is 7.16. The van der Waals surface area contributed by atoms with Gasteiger partial charge in [0, 0.05) is 24.7 Å². The minimum absolute atomic E-state index is 0. The standard InChI is InChI=1S/C15H17N3OS.2ClH/c16-12-6-8-18(9-7-12)15(19)13-10-17-14(20-13)11-4-2-1-3-5-11;;/h1-5,10,12H,6-9,16H2;2*1H. The van der Waals surface area contributed by atoms with Crippen molar-refractivity contribution in [3.05, 3.63) is 41.4 Å². The number of piperidine rings is 1. The zero-order chi connectivity index (χ0) is 13.9. The minimum atomic E-state index is 0. The summed E-state index contributed by atoms with van der Waals surface area (Å²) < 4.78 is 0. The zero-order valence-electron chi connectivity index (χ0n) is 12.0. The van der Waals surface area contributed by atoms with Crippen LogP contribution >= 0.6 is 36.2 Å². The number of nitrogens with two attached hydrogens (primary N) is 1. The summed E-state index contributed by atoms with van der Waals surface area (Å²) in [5.41, 5.74) is 6.92. The Balaban J connectivity index is 0.00000121. The van der Waals surface area contributed by atoms with Crippen LogP contribution in [0.15, 0.2) is 36.5 Å². The molecule has 0 radical (unpaired) electrons. The van der Waals surface area contributed by atoms with Crippen LogP contribution < -0.4 is 5.73 Å². The Labute approximate surface area is 146 Å². The predicted octanol–water partition coefficient (Wildman–Crippen LogP) is 3.22. The summed E-state index contributed by atoms with van der Waals surface area (Å²) in [6.07, 6.45) is 3.45. The maximum atomic E-state index is 12.4. The molecule has 1 aromatic carbocycles. The monoisotopic (exact) mass is 359 g/mol. The van der Waals surface area contributed by atoms with Crippen LogP contribution in [0.4, 0.5) is 0 Å². The minimum Gasteiger partial charge on any atom is -0.338 e. The van der Waals surface area contributed by atoms with Crippen molar-refractivity contribution in [2.75, 3.05) is 13.1 Å². The van der Waals surface area contributed by atoms with Crippen LogP contribution in [0.3, 0.4) is 0 Å². The van der Waals surface area contributed by atoms with Crippen molar-refractivity contribution in [2.24, 2.45) is 5.73 Å². The number of benzene rings is 1. The molecule has 7 heteroatoms. The first-order valence-electron chi connectivity index (χ1n) is 6.80. The maximum Gasteiger partial charge on any atom is 0.265 e. The van der Waals surface area contributed by atoms with Gasteiger partial charge in [-0.1, -0.05) is 30.3 Å². The van der Waals surface area contributed by atoms with E-state index in [9.17, 15) is 4.79 Å².